The van der Waals surface area contributed by atoms with Crippen molar-refractivity contribution in [3.8, 4) is 11.5 Å². The van der Waals surface area contributed by atoms with Gasteiger partial charge in [-0.2, -0.15) is 0 Å². The van der Waals surface area contributed by atoms with E-state index in [2.05, 4.69) is 20.2 Å². The van der Waals surface area contributed by atoms with E-state index in [0.717, 1.165) is 25.9 Å². The molecule has 3 rings (SSSR count). The summed E-state index contributed by atoms with van der Waals surface area (Å²) < 4.78 is 10.5. The fourth-order valence-corrected chi connectivity index (χ4v) is 2.81. The number of nitrogens with zero attached hydrogens (tertiary/aromatic N) is 3. The summed E-state index contributed by atoms with van der Waals surface area (Å²) in [6, 6.07) is 6.83. The molecule has 0 unspecified atom stereocenters. The molecule has 1 saturated heterocycles. The van der Waals surface area contributed by atoms with Crippen LogP contribution in [0.1, 0.15) is 29.8 Å². The normalized spacial score (nSPS) is 14.1. The van der Waals surface area contributed by atoms with Gasteiger partial charge in [-0.1, -0.05) is 0 Å². The number of amides is 1. The Hall–Kier alpha value is -2.83. The zero-order chi connectivity index (χ0) is 17.6. The summed E-state index contributed by atoms with van der Waals surface area (Å²) in [5, 5.41) is 2.83. The summed E-state index contributed by atoms with van der Waals surface area (Å²) in [6.07, 6.45) is 5.11. The number of rotatable bonds is 5. The third-order valence-electron chi connectivity index (χ3n) is 4.17. The molecule has 7 heteroatoms. The molecule has 0 spiro atoms. The molecular formula is C18H22N4O3. The Morgan fingerprint density at radius 1 is 1.12 bits per heavy atom. The molecule has 0 radical (unpaired) electrons. The highest BCUT2D eigenvalue weighted by molar-refractivity contribution is 6.03. The number of piperidine rings is 1. The first-order chi connectivity index (χ1) is 12.2. The third-order valence-corrected chi connectivity index (χ3v) is 4.17. The summed E-state index contributed by atoms with van der Waals surface area (Å²) in [4.78, 5) is 23.4. The maximum absolute atomic E-state index is 12.6. The second kappa shape index (κ2) is 7.83. The fourth-order valence-electron chi connectivity index (χ4n) is 2.81. The fraction of sp³-hybridized carbons (Fsp3) is 0.389. The second-order valence-electron chi connectivity index (χ2n) is 5.81. The predicted octanol–water partition coefficient (Wildman–Crippen LogP) is 2.74. The number of nitrogens with one attached hydrogen (secondary N) is 1. The molecule has 1 N–H and O–H groups in total. The van der Waals surface area contributed by atoms with Crippen LogP contribution in [0, 0.1) is 0 Å². The van der Waals surface area contributed by atoms with Gasteiger partial charge in [0.15, 0.2) is 0 Å². The van der Waals surface area contributed by atoms with Crippen LogP contribution in [0.15, 0.2) is 30.5 Å². The lowest BCUT2D eigenvalue weighted by Gasteiger charge is -2.26. The molecule has 25 heavy (non-hydrogen) atoms. The number of hydrogen-bond donors (Lipinski definition) is 1. The highest BCUT2D eigenvalue weighted by Gasteiger charge is 2.17. The number of benzene rings is 1. The molecule has 2 heterocycles. The maximum atomic E-state index is 12.6. The summed E-state index contributed by atoms with van der Waals surface area (Å²) >= 11 is 0. The topological polar surface area (TPSA) is 76.6 Å². The number of aromatic nitrogens is 2. The third kappa shape index (κ3) is 3.99. The molecule has 1 fully saturated rings. The van der Waals surface area contributed by atoms with E-state index in [1.807, 2.05) is 0 Å². The summed E-state index contributed by atoms with van der Waals surface area (Å²) in [5.41, 5.74) is 0.889. The van der Waals surface area contributed by atoms with Crippen molar-refractivity contribution in [3.63, 3.8) is 0 Å². The smallest absolute Gasteiger partial charge is 0.274 e. The first-order valence-electron chi connectivity index (χ1n) is 8.32. The number of anilines is 2. The van der Waals surface area contributed by atoms with Crippen LogP contribution >= 0.6 is 0 Å². The van der Waals surface area contributed by atoms with E-state index in [1.54, 1.807) is 44.7 Å². The molecule has 1 aliphatic rings. The predicted molar refractivity (Wildman–Crippen MR) is 95.6 cm³/mol. The summed E-state index contributed by atoms with van der Waals surface area (Å²) in [7, 11) is 3.12. The maximum Gasteiger partial charge on any atom is 0.274 e. The van der Waals surface area contributed by atoms with Gasteiger partial charge in [-0.25, -0.2) is 9.97 Å². The van der Waals surface area contributed by atoms with Crippen LogP contribution in [-0.4, -0.2) is 43.2 Å². The lowest BCUT2D eigenvalue weighted by Crippen LogP contribution is -2.31. The van der Waals surface area contributed by atoms with E-state index >= 15 is 0 Å². The van der Waals surface area contributed by atoms with Crippen molar-refractivity contribution >= 4 is 17.5 Å². The van der Waals surface area contributed by atoms with Gasteiger partial charge < -0.3 is 19.7 Å². The van der Waals surface area contributed by atoms with Crippen molar-refractivity contribution in [3.05, 3.63) is 36.2 Å². The van der Waals surface area contributed by atoms with Gasteiger partial charge in [0, 0.05) is 25.4 Å². The molecule has 0 aliphatic carbocycles. The van der Waals surface area contributed by atoms with Gasteiger partial charge in [0.05, 0.1) is 19.9 Å². The Kier molecular flexibility index (Phi) is 5.33. The first-order valence-corrected chi connectivity index (χ1v) is 8.32. The number of methoxy groups -OCH3 is 2. The van der Waals surface area contributed by atoms with E-state index in [4.69, 9.17) is 9.47 Å². The average molecular weight is 342 g/mol. The van der Waals surface area contributed by atoms with Crippen LogP contribution in [0.5, 0.6) is 11.5 Å². The zero-order valence-electron chi connectivity index (χ0n) is 14.5. The Morgan fingerprint density at radius 2 is 1.92 bits per heavy atom. The lowest BCUT2D eigenvalue weighted by molar-refractivity contribution is 0.102. The lowest BCUT2D eigenvalue weighted by atomic mass is 10.1. The van der Waals surface area contributed by atoms with Crippen molar-refractivity contribution in [1.29, 1.82) is 0 Å². The number of hydrogen-bond acceptors (Lipinski definition) is 6. The van der Waals surface area contributed by atoms with Gasteiger partial charge in [-0.15, -0.1) is 0 Å². The van der Waals surface area contributed by atoms with Crippen LogP contribution in [0.2, 0.25) is 0 Å². The Balaban J connectivity index is 1.77. The van der Waals surface area contributed by atoms with Gasteiger partial charge in [0.1, 0.15) is 17.2 Å². The van der Waals surface area contributed by atoms with Gasteiger partial charge in [-0.05, 0) is 37.5 Å². The monoisotopic (exact) mass is 342 g/mol. The van der Waals surface area contributed by atoms with Crippen molar-refractivity contribution in [1.82, 2.24) is 9.97 Å². The minimum atomic E-state index is -0.302. The van der Waals surface area contributed by atoms with Gasteiger partial charge in [-0.3, -0.25) is 4.79 Å². The van der Waals surface area contributed by atoms with E-state index in [0.29, 0.717) is 28.8 Å². The zero-order valence-corrected chi connectivity index (χ0v) is 14.5. The molecule has 1 aliphatic heterocycles. The minimum absolute atomic E-state index is 0.302. The SMILES string of the molecule is COc1ccc(NC(=O)c2ccnc(N3CCCCC3)n2)c(OC)c1. The number of carbonyl (C=O) groups is 1. The summed E-state index contributed by atoms with van der Waals surface area (Å²) in [5.74, 6) is 1.49. The highest BCUT2D eigenvalue weighted by Crippen LogP contribution is 2.29. The van der Waals surface area contributed by atoms with E-state index in [1.165, 1.54) is 6.42 Å². The molecule has 7 nitrogen and oxygen atoms in total. The number of ether oxygens (including phenoxy) is 2. The largest absolute Gasteiger partial charge is 0.497 e. The minimum Gasteiger partial charge on any atom is -0.497 e. The van der Waals surface area contributed by atoms with Crippen LogP contribution in [0.4, 0.5) is 11.6 Å². The number of carbonyl (C=O) groups excluding carboxylic acids is 1. The standard InChI is InChI=1S/C18H22N4O3/c1-24-13-6-7-14(16(12-13)25-2)20-17(23)15-8-9-19-18(21-15)22-10-4-3-5-11-22/h6-9,12H,3-5,10-11H2,1-2H3,(H,20,23). The molecule has 0 saturated carbocycles. The van der Waals surface area contributed by atoms with Crippen LogP contribution in [0.3, 0.4) is 0 Å². The van der Waals surface area contributed by atoms with Crippen molar-refractivity contribution in [2.24, 2.45) is 0 Å². The second-order valence-corrected chi connectivity index (χ2v) is 5.81. The molecule has 1 aromatic carbocycles. The van der Waals surface area contributed by atoms with Crippen LogP contribution in [0.25, 0.3) is 0 Å². The van der Waals surface area contributed by atoms with E-state index < -0.39 is 0 Å². The van der Waals surface area contributed by atoms with E-state index in [9.17, 15) is 4.79 Å². The van der Waals surface area contributed by atoms with E-state index in [-0.39, 0.29) is 5.91 Å². The van der Waals surface area contributed by atoms with Crippen molar-refractivity contribution in [2.45, 2.75) is 19.3 Å². The first kappa shape index (κ1) is 17.0. The van der Waals surface area contributed by atoms with Crippen LogP contribution < -0.4 is 19.7 Å². The Morgan fingerprint density at radius 3 is 2.64 bits per heavy atom. The molecule has 132 valence electrons. The van der Waals surface area contributed by atoms with Gasteiger partial charge in [0.2, 0.25) is 5.95 Å². The quantitative estimate of drug-likeness (QED) is 0.900. The van der Waals surface area contributed by atoms with Gasteiger partial charge >= 0.3 is 0 Å². The molecule has 2 aromatic rings. The molecule has 1 aromatic heterocycles. The molecule has 0 atom stereocenters. The van der Waals surface area contributed by atoms with Crippen LogP contribution in [-0.2, 0) is 0 Å². The van der Waals surface area contributed by atoms with Gasteiger partial charge in [0.25, 0.3) is 5.91 Å². The summed E-state index contributed by atoms with van der Waals surface area (Å²) in [6.45, 7) is 1.86. The Bertz CT molecular complexity index is 745. The molecule has 1 amide bonds. The molecular weight excluding hydrogens is 320 g/mol. The van der Waals surface area contributed by atoms with Crippen molar-refractivity contribution in [2.75, 3.05) is 37.5 Å². The Labute approximate surface area is 147 Å². The van der Waals surface area contributed by atoms with Crippen molar-refractivity contribution < 1.29 is 14.3 Å². The molecule has 0 bridgehead atoms. The highest BCUT2D eigenvalue weighted by atomic mass is 16.5. The average Bonchev–Trinajstić information content (AvgIpc) is 2.69.